The molecule has 2 fully saturated rings. The summed E-state index contributed by atoms with van der Waals surface area (Å²) in [7, 11) is -3.43. The Hall–Kier alpha value is -1.49. The molecule has 132 valence electrons. The standard InChI is InChI=1S/C14H20N4O4S2/c1-11(13(19)18-5-4-15-14(18)20)16-6-8-17(9-7-16)24(21,22)12-3-2-10-23-12/h2-3,10-11H,4-9H2,1H3,(H,15,20)/p+1/t11-/m1/s1. The number of nitrogens with zero attached hydrogens (tertiary/aromatic N) is 2. The maximum Gasteiger partial charge on any atom is 0.324 e. The van der Waals surface area contributed by atoms with E-state index >= 15 is 0 Å². The third-order valence-electron chi connectivity index (χ3n) is 4.56. The summed E-state index contributed by atoms with van der Waals surface area (Å²) < 4.78 is 26.8. The van der Waals surface area contributed by atoms with Crippen LogP contribution in [0.15, 0.2) is 21.7 Å². The van der Waals surface area contributed by atoms with Gasteiger partial charge in [-0.2, -0.15) is 4.31 Å². The lowest BCUT2D eigenvalue weighted by atomic mass is 10.2. The van der Waals surface area contributed by atoms with Gasteiger partial charge in [0.1, 0.15) is 4.21 Å². The van der Waals surface area contributed by atoms with Gasteiger partial charge in [0.2, 0.25) is 0 Å². The number of amides is 3. The Labute approximate surface area is 145 Å². The van der Waals surface area contributed by atoms with Crippen molar-refractivity contribution in [3.63, 3.8) is 0 Å². The van der Waals surface area contributed by atoms with Crippen LogP contribution in [0.3, 0.4) is 0 Å². The smallest absolute Gasteiger partial charge is 0.324 e. The van der Waals surface area contributed by atoms with E-state index in [1.807, 2.05) is 0 Å². The highest BCUT2D eigenvalue weighted by molar-refractivity contribution is 7.91. The molecule has 1 aromatic heterocycles. The number of piperazine rings is 1. The Morgan fingerprint density at radius 2 is 2.04 bits per heavy atom. The summed E-state index contributed by atoms with van der Waals surface area (Å²) in [6.07, 6.45) is 0. The molecule has 3 amide bonds. The Morgan fingerprint density at radius 3 is 2.58 bits per heavy atom. The van der Waals surface area contributed by atoms with Gasteiger partial charge in [0.15, 0.2) is 6.04 Å². The van der Waals surface area contributed by atoms with Crippen LogP contribution in [-0.2, 0) is 14.8 Å². The van der Waals surface area contributed by atoms with Crippen LogP contribution in [0.25, 0.3) is 0 Å². The number of imide groups is 1. The van der Waals surface area contributed by atoms with Gasteiger partial charge in [-0.15, -0.1) is 11.3 Å². The molecule has 0 saturated carbocycles. The third kappa shape index (κ3) is 3.18. The molecule has 2 aliphatic rings. The molecular weight excluding hydrogens is 352 g/mol. The van der Waals surface area contributed by atoms with Crippen LogP contribution in [0.4, 0.5) is 4.79 Å². The number of hydrogen-bond acceptors (Lipinski definition) is 5. The first kappa shape index (κ1) is 17.3. The highest BCUT2D eigenvalue weighted by Gasteiger charge is 2.38. The number of sulfonamides is 1. The Bertz CT molecular complexity index is 711. The minimum Gasteiger partial charge on any atom is -0.336 e. The molecule has 2 aliphatic heterocycles. The summed E-state index contributed by atoms with van der Waals surface area (Å²) in [5.74, 6) is -0.199. The molecular formula is C14H21N4O4S2+. The van der Waals surface area contributed by atoms with Crippen molar-refractivity contribution in [3.05, 3.63) is 17.5 Å². The second-order valence-corrected chi connectivity index (χ2v) is 9.05. The van der Waals surface area contributed by atoms with Crippen molar-refractivity contribution in [2.24, 2.45) is 0 Å². The van der Waals surface area contributed by atoms with Gasteiger partial charge in [-0.3, -0.25) is 9.69 Å². The van der Waals surface area contributed by atoms with E-state index in [4.69, 9.17) is 0 Å². The van der Waals surface area contributed by atoms with E-state index < -0.39 is 10.0 Å². The molecule has 0 unspecified atom stereocenters. The maximum absolute atomic E-state index is 12.5. The van der Waals surface area contributed by atoms with Crippen LogP contribution in [-0.4, -0.2) is 74.9 Å². The number of rotatable bonds is 4. The molecule has 1 atom stereocenters. The zero-order valence-electron chi connectivity index (χ0n) is 13.4. The van der Waals surface area contributed by atoms with Gasteiger partial charge < -0.3 is 10.2 Å². The molecule has 2 N–H and O–H groups in total. The van der Waals surface area contributed by atoms with Crippen molar-refractivity contribution in [2.45, 2.75) is 17.2 Å². The number of carbonyl (C=O) groups is 2. The van der Waals surface area contributed by atoms with E-state index in [9.17, 15) is 18.0 Å². The first-order chi connectivity index (χ1) is 11.4. The monoisotopic (exact) mass is 373 g/mol. The predicted molar refractivity (Wildman–Crippen MR) is 88.3 cm³/mol. The summed E-state index contributed by atoms with van der Waals surface area (Å²) >= 11 is 1.21. The van der Waals surface area contributed by atoms with Crippen molar-refractivity contribution in [1.82, 2.24) is 14.5 Å². The normalized spacial score (nSPS) is 21.7. The summed E-state index contributed by atoms with van der Waals surface area (Å²) in [5, 5.41) is 4.37. The second-order valence-electron chi connectivity index (χ2n) is 5.94. The molecule has 10 heteroatoms. The number of hydrogen-bond donors (Lipinski definition) is 2. The lowest BCUT2D eigenvalue weighted by Gasteiger charge is -2.34. The fourth-order valence-electron chi connectivity index (χ4n) is 3.07. The van der Waals surface area contributed by atoms with Gasteiger partial charge in [0, 0.05) is 13.1 Å². The zero-order chi connectivity index (χ0) is 17.3. The largest absolute Gasteiger partial charge is 0.336 e. The number of urea groups is 1. The van der Waals surface area contributed by atoms with Crippen LogP contribution < -0.4 is 10.2 Å². The minimum atomic E-state index is -3.43. The molecule has 3 rings (SSSR count). The van der Waals surface area contributed by atoms with Crippen LogP contribution in [0.2, 0.25) is 0 Å². The Morgan fingerprint density at radius 1 is 1.33 bits per heavy atom. The van der Waals surface area contributed by atoms with Crippen molar-refractivity contribution < 1.29 is 22.9 Å². The topological polar surface area (TPSA) is 91.2 Å². The van der Waals surface area contributed by atoms with Crippen molar-refractivity contribution in [2.75, 3.05) is 39.3 Å². The van der Waals surface area contributed by atoms with Crippen LogP contribution >= 0.6 is 11.3 Å². The molecule has 1 aromatic rings. The first-order valence-corrected chi connectivity index (χ1v) is 10.2. The Kier molecular flexibility index (Phi) is 4.90. The van der Waals surface area contributed by atoms with Gasteiger partial charge in [-0.1, -0.05) is 6.07 Å². The molecule has 3 heterocycles. The van der Waals surface area contributed by atoms with E-state index in [0.29, 0.717) is 43.5 Å². The lowest BCUT2D eigenvalue weighted by molar-refractivity contribution is -0.917. The predicted octanol–water partition coefficient (Wildman–Crippen LogP) is -1.42. The maximum atomic E-state index is 12.5. The molecule has 0 spiro atoms. The summed E-state index contributed by atoms with van der Waals surface area (Å²) in [5.41, 5.74) is 0. The van der Waals surface area contributed by atoms with E-state index in [-0.39, 0.29) is 18.0 Å². The van der Waals surface area contributed by atoms with Crippen molar-refractivity contribution in [3.8, 4) is 0 Å². The quantitative estimate of drug-likeness (QED) is 0.678. The number of carbonyl (C=O) groups excluding carboxylic acids is 2. The molecule has 0 radical (unpaired) electrons. The molecule has 2 saturated heterocycles. The number of thiophene rings is 1. The summed E-state index contributed by atoms with van der Waals surface area (Å²) in [4.78, 5) is 26.3. The van der Waals surface area contributed by atoms with Crippen LogP contribution in [0.1, 0.15) is 6.92 Å². The number of quaternary nitrogens is 1. The minimum absolute atomic E-state index is 0.199. The van der Waals surface area contributed by atoms with E-state index in [1.54, 1.807) is 24.4 Å². The molecule has 0 aliphatic carbocycles. The lowest BCUT2D eigenvalue weighted by Crippen LogP contribution is -3.19. The highest BCUT2D eigenvalue weighted by atomic mass is 32.2. The average molecular weight is 373 g/mol. The van der Waals surface area contributed by atoms with E-state index in [0.717, 1.165) is 4.90 Å². The molecule has 0 aromatic carbocycles. The van der Waals surface area contributed by atoms with Crippen LogP contribution in [0.5, 0.6) is 0 Å². The second kappa shape index (κ2) is 6.79. The average Bonchev–Trinajstić information content (AvgIpc) is 3.25. The Balaban J connectivity index is 1.61. The summed E-state index contributed by atoms with van der Waals surface area (Å²) in [6, 6.07) is 2.63. The summed E-state index contributed by atoms with van der Waals surface area (Å²) in [6.45, 7) is 4.53. The highest BCUT2D eigenvalue weighted by Crippen LogP contribution is 2.20. The van der Waals surface area contributed by atoms with E-state index in [1.165, 1.54) is 20.5 Å². The molecule has 8 nitrogen and oxygen atoms in total. The SMILES string of the molecule is C[C@H](C(=O)N1CCNC1=O)[NH+]1CCN(S(=O)(=O)c2cccs2)CC1. The number of nitrogens with one attached hydrogen (secondary N) is 2. The van der Waals surface area contributed by atoms with Gasteiger partial charge in [-0.25, -0.2) is 13.2 Å². The zero-order valence-corrected chi connectivity index (χ0v) is 15.0. The molecule has 0 bridgehead atoms. The van der Waals surface area contributed by atoms with Gasteiger partial charge >= 0.3 is 6.03 Å². The first-order valence-electron chi connectivity index (χ1n) is 7.88. The van der Waals surface area contributed by atoms with Gasteiger partial charge in [-0.05, 0) is 18.4 Å². The van der Waals surface area contributed by atoms with Gasteiger partial charge in [0.25, 0.3) is 15.9 Å². The van der Waals surface area contributed by atoms with Crippen LogP contribution in [0, 0.1) is 0 Å². The van der Waals surface area contributed by atoms with Gasteiger partial charge in [0.05, 0.1) is 26.2 Å². The fourth-order valence-corrected chi connectivity index (χ4v) is 5.66. The fraction of sp³-hybridized carbons (Fsp3) is 0.571. The van der Waals surface area contributed by atoms with Crippen molar-refractivity contribution in [1.29, 1.82) is 0 Å². The molecule has 24 heavy (non-hydrogen) atoms. The van der Waals surface area contributed by atoms with Crippen molar-refractivity contribution >= 4 is 33.3 Å². The third-order valence-corrected chi connectivity index (χ3v) is 7.83. The van der Waals surface area contributed by atoms with E-state index in [2.05, 4.69) is 5.32 Å².